The van der Waals surface area contributed by atoms with Gasteiger partial charge in [0.2, 0.25) is 11.8 Å². The van der Waals surface area contributed by atoms with Crippen LogP contribution in [0, 0.1) is 12.8 Å². The summed E-state index contributed by atoms with van der Waals surface area (Å²) in [6, 6.07) is 5.62. The number of likely N-dealkylation sites (tertiary alicyclic amines) is 1. The summed E-state index contributed by atoms with van der Waals surface area (Å²) in [6.45, 7) is 3.46. The van der Waals surface area contributed by atoms with E-state index in [0.29, 0.717) is 18.8 Å². The SMILES string of the molecule is COc1ccc(NC(=O)CC[C@@H]2CCCN(C(=O)Cc3cn4ccsc4n3)C2)c(C)c1. The number of anilines is 1. The standard InChI is InChI=1S/C23H28N4O3S/c1-16-12-19(30-2)6-7-20(16)25-21(28)8-5-17-4-3-9-26(14-17)22(29)13-18-15-27-10-11-31-23(27)24-18/h6-7,10-12,15,17H,3-5,8-9,13-14H2,1-2H3,(H,25,28)/t17-/m0/s1. The summed E-state index contributed by atoms with van der Waals surface area (Å²) >= 11 is 1.57. The van der Waals surface area contributed by atoms with Crippen molar-refractivity contribution in [3.8, 4) is 5.75 Å². The number of hydrogen-bond acceptors (Lipinski definition) is 5. The molecule has 1 aromatic carbocycles. The number of carbonyl (C=O) groups is 2. The maximum atomic E-state index is 12.8. The van der Waals surface area contributed by atoms with E-state index in [1.54, 1.807) is 18.4 Å². The Bertz CT molecular complexity index is 1050. The molecule has 0 spiro atoms. The molecule has 0 aliphatic carbocycles. The first kappa shape index (κ1) is 21.4. The number of imidazole rings is 1. The summed E-state index contributed by atoms with van der Waals surface area (Å²) in [7, 11) is 1.63. The Labute approximate surface area is 186 Å². The van der Waals surface area contributed by atoms with Crippen LogP contribution in [0.25, 0.3) is 4.96 Å². The van der Waals surface area contributed by atoms with Crippen LogP contribution in [-0.4, -0.2) is 46.3 Å². The number of amides is 2. The second-order valence-electron chi connectivity index (χ2n) is 8.12. The number of rotatable bonds is 7. The first-order valence-electron chi connectivity index (χ1n) is 10.6. The van der Waals surface area contributed by atoms with E-state index in [1.165, 1.54) is 0 Å². The second-order valence-corrected chi connectivity index (χ2v) is 8.99. The molecule has 1 fully saturated rings. The Kier molecular flexibility index (Phi) is 6.56. The number of benzene rings is 1. The van der Waals surface area contributed by atoms with Gasteiger partial charge in [0.1, 0.15) is 5.75 Å². The smallest absolute Gasteiger partial charge is 0.228 e. The van der Waals surface area contributed by atoms with Crippen molar-refractivity contribution < 1.29 is 14.3 Å². The van der Waals surface area contributed by atoms with Gasteiger partial charge in [-0.3, -0.25) is 14.0 Å². The zero-order chi connectivity index (χ0) is 21.8. The molecule has 31 heavy (non-hydrogen) atoms. The van der Waals surface area contributed by atoms with Crippen LogP contribution in [0.15, 0.2) is 36.0 Å². The average Bonchev–Trinajstić information content (AvgIpc) is 3.35. The number of hydrogen-bond donors (Lipinski definition) is 1. The van der Waals surface area contributed by atoms with Crippen LogP contribution >= 0.6 is 11.3 Å². The number of nitrogens with one attached hydrogen (secondary N) is 1. The number of aromatic nitrogens is 2. The van der Waals surface area contributed by atoms with Crippen LogP contribution in [0.3, 0.4) is 0 Å². The van der Waals surface area contributed by atoms with Crippen molar-refractivity contribution in [3.63, 3.8) is 0 Å². The van der Waals surface area contributed by atoms with E-state index >= 15 is 0 Å². The van der Waals surface area contributed by atoms with E-state index in [1.807, 2.05) is 52.2 Å². The van der Waals surface area contributed by atoms with Crippen molar-refractivity contribution in [2.45, 2.75) is 39.0 Å². The van der Waals surface area contributed by atoms with Gasteiger partial charge >= 0.3 is 0 Å². The molecular weight excluding hydrogens is 412 g/mol. The Balaban J connectivity index is 1.26. The Morgan fingerprint density at radius 3 is 3.00 bits per heavy atom. The minimum absolute atomic E-state index is 0.00907. The maximum Gasteiger partial charge on any atom is 0.228 e. The molecule has 3 aromatic rings. The fourth-order valence-electron chi connectivity index (χ4n) is 4.11. The third kappa shape index (κ3) is 5.25. The minimum atomic E-state index is 0.00907. The van der Waals surface area contributed by atoms with Crippen LogP contribution in [-0.2, 0) is 16.0 Å². The van der Waals surface area contributed by atoms with E-state index in [4.69, 9.17) is 4.74 Å². The fraction of sp³-hybridized carbons (Fsp3) is 0.435. The molecule has 8 heteroatoms. The van der Waals surface area contributed by atoms with E-state index in [9.17, 15) is 9.59 Å². The van der Waals surface area contributed by atoms with Gasteiger partial charge in [-0.2, -0.15) is 0 Å². The zero-order valence-corrected chi connectivity index (χ0v) is 18.8. The van der Waals surface area contributed by atoms with Crippen LogP contribution in [0.4, 0.5) is 5.69 Å². The molecule has 3 heterocycles. The molecule has 2 aromatic heterocycles. The van der Waals surface area contributed by atoms with Gasteiger partial charge in [-0.05, 0) is 55.9 Å². The quantitative estimate of drug-likeness (QED) is 0.604. The summed E-state index contributed by atoms with van der Waals surface area (Å²) in [5.41, 5.74) is 2.60. The number of thiazole rings is 1. The molecule has 7 nitrogen and oxygen atoms in total. The highest BCUT2D eigenvalue weighted by Gasteiger charge is 2.24. The molecule has 0 saturated carbocycles. The molecule has 4 rings (SSSR count). The van der Waals surface area contributed by atoms with Gasteiger partial charge in [0.25, 0.3) is 0 Å². The molecule has 1 aliphatic heterocycles. The van der Waals surface area contributed by atoms with Crippen LogP contribution in [0.2, 0.25) is 0 Å². The van der Waals surface area contributed by atoms with Crippen molar-refractivity contribution in [1.82, 2.24) is 14.3 Å². The highest BCUT2D eigenvalue weighted by Crippen LogP contribution is 2.24. The molecular formula is C23H28N4O3S. The number of ether oxygens (including phenoxy) is 1. The van der Waals surface area contributed by atoms with Crippen molar-refractivity contribution >= 4 is 33.8 Å². The van der Waals surface area contributed by atoms with Crippen molar-refractivity contribution in [2.24, 2.45) is 5.92 Å². The Hall–Kier alpha value is -2.87. The first-order chi connectivity index (χ1) is 15.0. The highest BCUT2D eigenvalue weighted by atomic mass is 32.1. The summed E-state index contributed by atoms with van der Waals surface area (Å²) in [4.78, 5) is 32.6. The largest absolute Gasteiger partial charge is 0.497 e. The fourth-order valence-corrected chi connectivity index (χ4v) is 4.83. The van der Waals surface area contributed by atoms with Gasteiger partial charge in [-0.1, -0.05) is 0 Å². The Morgan fingerprint density at radius 2 is 2.23 bits per heavy atom. The lowest BCUT2D eigenvalue weighted by Gasteiger charge is -2.32. The maximum absolute atomic E-state index is 12.8. The monoisotopic (exact) mass is 440 g/mol. The lowest BCUT2D eigenvalue weighted by molar-refractivity contribution is -0.132. The molecule has 164 valence electrons. The van der Waals surface area contributed by atoms with Gasteiger partial charge in [-0.15, -0.1) is 11.3 Å². The average molecular weight is 441 g/mol. The predicted molar refractivity (Wildman–Crippen MR) is 122 cm³/mol. The second kappa shape index (κ2) is 9.51. The van der Waals surface area contributed by atoms with Crippen LogP contribution in [0.5, 0.6) is 5.75 Å². The van der Waals surface area contributed by atoms with Crippen molar-refractivity contribution in [1.29, 1.82) is 0 Å². The number of methoxy groups -OCH3 is 1. The lowest BCUT2D eigenvalue weighted by atomic mass is 9.93. The predicted octanol–water partition coefficient (Wildman–Crippen LogP) is 3.91. The van der Waals surface area contributed by atoms with Gasteiger partial charge in [0.05, 0.1) is 19.2 Å². The van der Waals surface area contributed by atoms with Gasteiger partial charge in [-0.25, -0.2) is 4.98 Å². The van der Waals surface area contributed by atoms with Crippen LogP contribution in [0.1, 0.15) is 36.9 Å². The number of nitrogens with zero attached hydrogens (tertiary/aromatic N) is 3. The molecule has 1 atom stereocenters. The third-order valence-corrected chi connectivity index (χ3v) is 6.61. The summed E-state index contributed by atoms with van der Waals surface area (Å²) in [5, 5.41) is 4.97. The van der Waals surface area contributed by atoms with Gasteiger partial charge < -0.3 is 15.0 Å². The normalized spacial score (nSPS) is 16.5. The lowest BCUT2D eigenvalue weighted by Crippen LogP contribution is -2.41. The number of carbonyl (C=O) groups excluding carboxylic acids is 2. The summed E-state index contributed by atoms with van der Waals surface area (Å²) in [5.74, 6) is 1.26. The number of fused-ring (bicyclic) bond motifs is 1. The molecule has 0 radical (unpaired) electrons. The Morgan fingerprint density at radius 1 is 1.35 bits per heavy atom. The summed E-state index contributed by atoms with van der Waals surface area (Å²) in [6.07, 6.45) is 7.48. The summed E-state index contributed by atoms with van der Waals surface area (Å²) < 4.78 is 7.16. The van der Waals surface area contributed by atoms with E-state index in [0.717, 1.165) is 60.0 Å². The first-order valence-corrected chi connectivity index (χ1v) is 11.5. The third-order valence-electron chi connectivity index (χ3n) is 5.83. The van der Waals surface area contributed by atoms with Gasteiger partial charge in [0.15, 0.2) is 4.96 Å². The van der Waals surface area contributed by atoms with E-state index in [-0.39, 0.29) is 11.8 Å². The zero-order valence-electron chi connectivity index (χ0n) is 18.0. The van der Waals surface area contributed by atoms with Crippen molar-refractivity contribution in [3.05, 3.63) is 47.2 Å². The van der Waals surface area contributed by atoms with E-state index < -0.39 is 0 Å². The molecule has 1 N–H and O–H groups in total. The number of aryl methyl sites for hydroxylation is 1. The van der Waals surface area contributed by atoms with E-state index in [2.05, 4.69) is 10.3 Å². The molecule has 1 saturated heterocycles. The minimum Gasteiger partial charge on any atom is -0.497 e. The van der Waals surface area contributed by atoms with Gasteiger partial charge in [0, 0.05) is 43.0 Å². The molecule has 0 bridgehead atoms. The highest BCUT2D eigenvalue weighted by molar-refractivity contribution is 7.15. The van der Waals surface area contributed by atoms with Crippen molar-refractivity contribution in [2.75, 3.05) is 25.5 Å². The van der Waals surface area contributed by atoms with Crippen LogP contribution < -0.4 is 10.1 Å². The molecule has 1 aliphatic rings. The molecule has 0 unspecified atom stereocenters. The topological polar surface area (TPSA) is 75.9 Å². The number of piperidine rings is 1. The molecule has 2 amide bonds.